The third-order valence-electron chi connectivity index (χ3n) is 5.62. The smallest absolute Gasteiger partial charge is 0.324 e. The molecule has 0 bridgehead atoms. The molecule has 2 aromatic rings. The summed E-state index contributed by atoms with van der Waals surface area (Å²) in [4.78, 5) is 27.3. The molecule has 6 nitrogen and oxygen atoms in total. The zero-order valence-corrected chi connectivity index (χ0v) is 16.7. The lowest BCUT2D eigenvalue weighted by Crippen LogP contribution is -2.41. The molecule has 2 aromatic carbocycles. The average Bonchev–Trinajstić information content (AvgIpc) is 2.86. The summed E-state index contributed by atoms with van der Waals surface area (Å²) in [6, 6.07) is 16.8. The van der Waals surface area contributed by atoms with Gasteiger partial charge in [0.2, 0.25) is 5.91 Å². The molecule has 6 heteroatoms. The van der Waals surface area contributed by atoms with E-state index in [2.05, 4.69) is 5.32 Å². The van der Waals surface area contributed by atoms with Crippen LogP contribution in [0.4, 0.5) is 16.2 Å². The third kappa shape index (κ3) is 4.16. The molecule has 29 heavy (non-hydrogen) atoms. The van der Waals surface area contributed by atoms with Crippen LogP contribution in [0.15, 0.2) is 59.7 Å². The van der Waals surface area contributed by atoms with Crippen molar-refractivity contribution in [1.29, 1.82) is 0 Å². The molecular weight excluding hydrogens is 364 g/mol. The third-order valence-corrected chi connectivity index (χ3v) is 5.62. The fourth-order valence-electron chi connectivity index (χ4n) is 4.12. The summed E-state index contributed by atoms with van der Waals surface area (Å²) < 4.78 is 0. The van der Waals surface area contributed by atoms with Gasteiger partial charge in [0, 0.05) is 24.2 Å². The molecule has 3 amide bonds. The van der Waals surface area contributed by atoms with Crippen LogP contribution in [0, 0.1) is 5.92 Å². The van der Waals surface area contributed by atoms with E-state index in [9.17, 15) is 9.59 Å². The van der Waals surface area contributed by atoms with E-state index in [0.717, 1.165) is 29.8 Å². The number of rotatable bonds is 4. The van der Waals surface area contributed by atoms with E-state index < -0.39 is 0 Å². The van der Waals surface area contributed by atoms with Crippen molar-refractivity contribution in [3.05, 3.63) is 60.2 Å². The summed E-state index contributed by atoms with van der Waals surface area (Å²) >= 11 is 0. The Labute approximate surface area is 171 Å². The largest absolute Gasteiger partial charge is 0.345 e. The lowest BCUT2D eigenvalue weighted by atomic mass is 9.83. The minimum absolute atomic E-state index is 0.123. The number of nitrogens with zero attached hydrogens (tertiary/aromatic N) is 3. The van der Waals surface area contributed by atoms with Crippen LogP contribution in [0.1, 0.15) is 37.7 Å². The van der Waals surface area contributed by atoms with Gasteiger partial charge in [0.15, 0.2) is 0 Å². The second-order valence-electron chi connectivity index (χ2n) is 7.65. The van der Waals surface area contributed by atoms with Crippen LogP contribution in [0.2, 0.25) is 0 Å². The van der Waals surface area contributed by atoms with Crippen molar-refractivity contribution < 1.29 is 9.59 Å². The van der Waals surface area contributed by atoms with Crippen molar-refractivity contribution in [2.24, 2.45) is 11.0 Å². The first-order valence-electron chi connectivity index (χ1n) is 10.2. The van der Waals surface area contributed by atoms with Gasteiger partial charge >= 0.3 is 6.03 Å². The van der Waals surface area contributed by atoms with E-state index in [1.54, 1.807) is 11.9 Å². The van der Waals surface area contributed by atoms with Gasteiger partial charge in [-0.25, -0.2) is 9.80 Å². The van der Waals surface area contributed by atoms with Crippen LogP contribution in [0.25, 0.3) is 0 Å². The highest BCUT2D eigenvalue weighted by atomic mass is 16.2. The molecule has 0 spiro atoms. The normalized spacial score (nSPS) is 17.4. The number of hydrogen-bond donors (Lipinski definition) is 1. The van der Waals surface area contributed by atoms with E-state index in [1.165, 1.54) is 24.3 Å². The van der Waals surface area contributed by atoms with Crippen molar-refractivity contribution >= 4 is 29.0 Å². The SMILES string of the molecule is CN1C(=O)N(CC(=O)Nc2ccccc2)N=C(C2CCCCC2)c2ccccc21. The van der Waals surface area contributed by atoms with Crippen molar-refractivity contribution in [2.45, 2.75) is 32.1 Å². The van der Waals surface area contributed by atoms with Gasteiger partial charge in [-0.15, -0.1) is 0 Å². The first kappa shape index (κ1) is 19.2. The molecule has 150 valence electrons. The van der Waals surface area contributed by atoms with Crippen LogP contribution >= 0.6 is 0 Å². The van der Waals surface area contributed by atoms with Crippen LogP contribution in [0.5, 0.6) is 0 Å². The number of nitrogens with one attached hydrogen (secondary N) is 1. The highest BCUT2D eigenvalue weighted by Crippen LogP contribution is 2.33. The Kier molecular flexibility index (Phi) is 5.60. The number of urea groups is 1. The lowest BCUT2D eigenvalue weighted by Gasteiger charge is -2.24. The number of benzene rings is 2. The first-order valence-corrected chi connectivity index (χ1v) is 10.2. The van der Waals surface area contributed by atoms with Gasteiger partial charge in [-0.3, -0.25) is 9.69 Å². The van der Waals surface area contributed by atoms with Crippen LogP contribution in [-0.4, -0.2) is 36.3 Å². The molecule has 1 saturated carbocycles. The number of fused-ring (bicyclic) bond motifs is 1. The molecule has 0 atom stereocenters. The number of anilines is 2. The van der Waals surface area contributed by atoms with Gasteiger partial charge in [-0.1, -0.05) is 55.7 Å². The van der Waals surface area contributed by atoms with Crippen molar-refractivity contribution in [3.8, 4) is 0 Å². The maximum Gasteiger partial charge on any atom is 0.345 e. The molecule has 0 radical (unpaired) electrons. The molecule has 0 saturated heterocycles. The number of para-hydroxylation sites is 2. The Morgan fingerprint density at radius 2 is 1.72 bits per heavy atom. The Morgan fingerprint density at radius 3 is 2.48 bits per heavy atom. The van der Waals surface area contributed by atoms with Gasteiger partial charge in [0.25, 0.3) is 0 Å². The van der Waals surface area contributed by atoms with Crippen molar-refractivity contribution in [2.75, 3.05) is 23.8 Å². The Hall–Kier alpha value is -3.15. The van der Waals surface area contributed by atoms with E-state index in [-0.39, 0.29) is 18.5 Å². The molecule has 0 unspecified atom stereocenters. The highest BCUT2D eigenvalue weighted by Gasteiger charge is 2.32. The van der Waals surface area contributed by atoms with Crippen LogP contribution < -0.4 is 10.2 Å². The van der Waals surface area contributed by atoms with Crippen molar-refractivity contribution in [3.63, 3.8) is 0 Å². The molecule has 1 aliphatic carbocycles. The number of amides is 3. The Morgan fingerprint density at radius 1 is 1.03 bits per heavy atom. The van der Waals surface area contributed by atoms with Gasteiger partial charge in [-0.2, -0.15) is 5.10 Å². The number of hydrazone groups is 1. The minimum atomic E-state index is -0.300. The van der Waals surface area contributed by atoms with Crippen molar-refractivity contribution in [1.82, 2.24) is 5.01 Å². The van der Waals surface area contributed by atoms with Gasteiger partial charge in [0.1, 0.15) is 6.54 Å². The molecule has 1 aliphatic heterocycles. The maximum absolute atomic E-state index is 13.1. The van der Waals surface area contributed by atoms with E-state index >= 15 is 0 Å². The zero-order valence-electron chi connectivity index (χ0n) is 16.7. The molecule has 2 aliphatic rings. The number of carbonyl (C=O) groups excluding carboxylic acids is 2. The second-order valence-corrected chi connectivity index (χ2v) is 7.65. The minimum Gasteiger partial charge on any atom is -0.324 e. The van der Waals surface area contributed by atoms with E-state index in [0.29, 0.717) is 11.6 Å². The number of carbonyl (C=O) groups is 2. The van der Waals surface area contributed by atoms with E-state index in [1.807, 2.05) is 54.6 Å². The molecule has 0 aromatic heterocycles. The fraction of sp³-hybridized carbons (Fsp3) is 0.348. The summed E-state index contributed by atoms with van der Waals surface area (Å²) in [5.41, 5.74) is 3.45. The summed E-state index contributed by atoms with van der Waals surface area (Å²) in [7, 11) is 1.74. The van der Waals surface area contributed by atoms with Gasteiger partial charge < -0.3 is 5.32 Å². The predicted molar refractivity (Wildman–Crippen MR) is 115 cm³/mol. The first-order chi connectivity index (χ1) is 14.1. The standard InChI is InChI=1S/C23H26N4O2/c1-26-20-15-9-8-14-19(20)22(17-10-4-2-5-11-17)25-27(23(26)29)16-21(28)24-18-12-6-3-7-13-18/h3,6-9,12-15,17H,2,4-5,10-11,16H2,1H3,(H,24,28). The predicted octanol–water partition coefficient (Wildman–Crippen LogP) is 4.48. The highest BCUT2D eigenvalue weighted by molar-refractivity contribution is 6.12. The zero-order chi connectivity index (χ0) is 20.2. The summed E-state index contributed by atoms with van der Waals surface area (Å²) in [5.74, 6) is 0.0412. The molecular formula is C23H26N4O2. The Bertz CT molecular complexity index is 919. The van der Waals surface area contributed by atoms with Gasteiger partial charge in [-0.05, 0) is 31.0 Å². The molecule has 1 heterocycles. The fourth-order valence-corrected chi connectivity index (χ4v) is 4.12. The summed E-state index contributed by atoms with van der Waals surface area (Å²) in [6.45, 7) is -0.123. The van der Waals surface area contributed by atoms with Crippen LogP contribution in [-0.2, 0) is 4.79 Å². The monoisotopic (exact) mass is 390 g/mol. The summed E-state index contributed by atoms with van der Waals surface area (Å²) in [6.07, 6.45) is 5.71. The maximum atomic E-state index is 13.1. The topological polar surface area (TPSA) is 65.0 Å². The van der Waals surface area contributed by atoms with Gasteiger partial charge in [0.05, 0.1) is 11.4 Å². The Balaban J connectivity index is 1.64. The molecule has 1 fully saturated rings. The lowest BCUT2D eigenvalue weighted by molar-refractivity contribution is -0.116. The van der Waals surface area contributed by atoms with E-state index in [4.69, 9.17) is 5.10 Å². The molecule has 1 N–H and O–H groups in total. The summed E-state index contributed by atoms with van der Waals surface area (Å²) in [5, 5.41) is 8.90. The second kappa shape index (κ2) is 8.47. The van der Waals surface area contributed by atoms with Crippen LogP contribution in [0.3, 0.4) is 0 Å². The number of hydrogen-bond acceptors (Lipinski definition) is 3. The molecule has 4 rings (SSSR count). The quantitative estimate of drug-likeness (QED) is 0.836. The average molecular weight is 390 g/mol.